The highest BCUT2D eigenvalue weighted by Crippen LogP contribution is 2.55. The molecule has 2 atom stereocenters. The van der Waals surface area contributed by atoms with Crippen molar-refractivity contribution >= 4 is 39.1 Å². The van der Waals surface area contributed by atoms with E-state index in [2.05, 4.69) is 0 Å². The highest BCUT2D eigenvalue weighted by Gasteiger charge is 2.45. The quantitative estimate of drug-likeness (QED) is 0.212. The van der Waals surface area contributed by atoms with Crippen molar-refractivity contribution in [2.45, 2.75) is 22.6 Å². The highest BCUT2D eigenvalue weighted by molar-refractivity contribution is 8.76. The van der Waals surface area contributed by atoms with Gasteiger partial charge in [0.1, 0.15) is 0 Å². The molecule has 0 bridgehead atoms. The van der Waals surface area contributed by atoms with Gasteiger partial charge < -0.3 is 0 Å². The molecule has 3 aromatic rings. The van der Waals surface area contributed by atoms with Crippen LogP contribution in [0, 0.1) is 10.1 Å². The molecular weight excluding hydrogens is 432 g/mol. The molecule has 2 amide bonds. The molecule has 154 valence electrons. The van der Waals surface area contributed by atoms with Gasteiger partial charge in [-0.1, -0.05) is 59.3 Å². The van der Waals surface area contributed by atoms with E-state index in [4.69, 9.17) is 0 Å². The van der Waals surface area contributed by atoms with Crippen LogP contribution in [0.1, 0.15) is 49.6 Å². The maximum absolute atomic E-state index is 13.0. The lowest BCUT2D eigenvalue weighted by Crippen LogP contribution is -2.33. The Balaban J connectivity index is 1.43. The van der Waals surface area contributed by atoms with Crippen molar-refractivity contribution < 1.29 is 14.5 Å². The van der Waals surface area contributed by atoms with Crippen molar-refractivity contribution in [1.29, 1.82) is 0 Å². The molecule has 6 nitrogen and oxygen atoms in total. The van der Waals surface area contributed by atoms with Gasteiger partial charge in [0.15, 0.2) is 0 Å². The highest BCUT2D eigenvalue weighted by atomic mass is 33.1. The number of nitro groups is 1. The molecule has 5 rings (SSSR count). The normalized spacial score (nSPS) is 19.4. The van der Waals surface area contributed by atoms with E-state index in [1.54, 1.807) is 42.5 Å². The molecule has 2 aliphatic rings. The number of nitrogens with zero attached hydrogens (tertiary/aromatic N) is 2. The number of hydrogen-bond donors (Lipinski definition) is 0. The Morgan fingerprint density at radius 3 is 2.10 bits per heavy atom. The summed E-state index contributed by atoms with van der Waals surface area (Å²) in [7, 11) is 2.88. The first kappa shape index (κ1) is 19.8. The van der Waals surface area contributed by atoms with E-state index in [1.165, 1.54) is 32.6 Å². The van der Waals surface area contributed by atoms with Crippen LogP contribution in [0.4, 0.5) is 5.69 Å². The number of carbonyl (C=O) groups excluding carboxylic acids is 2. The number of hydrogen-bond acceptors (Lipinski definition) is 6. The largest absolute Gasteiger partial charge is 0.283 e. The van der Waals surface area contributed by atoms with E-state index < -0.39 is 0 Å². The van der Waals surface area contributed by atoms with E-state index in [0.29, 0.717) is 22.4 Å². The molecule has 0 spiro atoms. The van der Waals surface area contributed by atoms with Crippen molar-refractivity contribution in [3.8, 4) is 0 Å². The summed E-state index contributed by atoms with van der Waals surface area (Å²) in [5, 5.41) is 11.3. The van der Waals surface area contributed by atoms with E-state index in [-0.39, 0.29) is 33.7 Å². The number of benzene rings is 3. The fraction of sp³-hybridized carbons (Fsp3) is 0.130. The summed E-state index contributed by atoms with van der Waals surface area (Å²) in [6, 6.07) is 21.0. The Hall–Kier alpha value is -3.10. The zero-order chi connectivity index (χ0) is 21.5. The molecule has 0 radical (unpaired) electrons. The van der Waals surface area contributed by atoms with Crippen molar-refractivity contribution in [2.75, 3.05) is 0 Å². The minimum absolute atomic E-state index is 0.00433. The fourth-order valence-electron chi connectivity index (χ4n) is 4.18. The summed E-state index contributed by atoms with van der Waals surface area (Å²) in [4.78, 5) is 39.0. The molecule has 0 N–H and O–H groups in total. The van der Waals surface area contributed by atoms with Gasteiger partial charge in [0.05, 0.1) is 27.0 Å². The van der Waals surface area contributed by atoms with Gasteiger partial charge in [0, 0.05) is 11.3 Å². The topological polar surface area (TPSA) is 80.5 Å². The van der Waals surface area contributed by atoms with Gasteiger partial charge in [-0.2, -0.15) is 0 Å². The zero-order valence-electron chi connectivity index (χ0n) is 16.1. The Kier molecular flexibility index (Phi) is 5.03. The molecule has 0 saturated carbocycles. The van der Waals surface area contributed by atoms with E-state index in [0.717, 1.165) is 11.1 Å². The van der Waals surface area contributed by atoms with Crippen molar-refractivity contribution in [3.63, 3.8) is 0 Å². The second-order valence-corrected chi connectivity index (χ2v) is 9.74. The Bertz CT molecular complexity index is 1190. The summed E-state index contributed by atoms with van der Waals surface area (Å²) in [5.74, 6) is -0.533. The molecule has 1 aliphatic carbocycles. The maximum atomic E-state index is 13.0. The molecule has 3 aromatic carbocycles. The average Bonchev–Trinajstić information content (AvgIpc) is 3.27. The first-order valence-electron chi connectivity index (χ1n) is 9.68. The predicted octanol–water partition coefficient (Wildman–Crippen LogP) is 5.82. The molecule has 1 aliphatic heterocycles. The Labute approximate surface area is 186 Å². The lowest BCUT2D eigenvalue weighted by atomic mass is 10.1. The summed E-state index contributed by atoms with van der Waals surface area (Å²) in [6.07, 6.45) is 0.573. The number of imide groups is 1. The molecule has 0 aromatic heterocycles. The Morgan fingerprint density at radius 1 is 0.839 bits per heavy atom. The van der Waals surface area contributed by atoms with Crippen LogP contribution >= 0.6 is 21.6 Å². The zero-order valence-corrected chi connectivity index (χ0v) is 17.8. The summed E-state index contributed by atoms with van der Waals surface area (Å²) in [5.41, 5.74) is 2.96. The van der Waals surface area contributed by atoms with Crippen molar-refractivity contribution in [3.05, 3.63) is 105 Å². The van der Waals surface area contributed by atoms with Crippen molar-refractivity contribution in [2.24, 2.45) is 0 Å². The number of nitro benzene ring substituents is 1. The molecule has 0 saturated heterocycles. The van der Waals surface area contributed by atoms with Crippen molar-refractivity contribution in [1.82, 2.24) is 4.90 Å². The average molecular weight is 449 g/mol. The van der Waals surface area contributed by atoms with E-state index in [9.17, 15) is 19.7 Å². The molecule has 0 fully saturated rings. The summed E-state index contributed by atoms with van der Waals surface area (Å²) < 4.78 is 0. The van der Waals surface area contributed by atoms with Gasteiger partial charge in [-0.3, -0.25) is 24.6 Å². The minimum atomic E-state index is -0.382. The van der Waals surface area contributed by atoms with Crippen LogP contribution in [0.5, 0.6) is 0 Å². The van der Waals surface area contributed by atoms with Gasteiger partial charge in [-0.15, -0.1) is 0 Å². The van der Waals surface area contributed by atoms with Gasteiger partial charge >= 0.3 is 0 Å². The molecular formula is C23H16N2O4S2. The minimum Gasteiger partial charge on any atom is -0.269 e. The first-order chi connectivity index (χ1) is 15.1. The smallest absolute Gasteiger partial charge is 0.269 e. The lowest BCUT2D eigenvalue weighted by molar-refractivity contribution is -0.387. The fourth-order valence-corrected chi connectivity index (χ4v) is 6.97. The van der Waals surface area contributed by atoms with Crippen LogP contribution in [0.2, 0.25) is 0 Å². The Morgan fingerprint density at radius 2 is 1.42 bits per heavy atom. The van der Waals surface area contributed by atoms with Crippen LogP contribution < -0.4 is 0 Å². The third kappa shape index (κ3) is 3.32. The summed E-state index contributed by atoms with van der Waals surface area (Å²) in [6.45, 7) is 0. The maximum Gasteiger partial charge on any atom is 0.283 e. The van der Waals surface area contributed by atoms with Crippen LogP contribution in [-0.2, 0) is 0 Å². The van der Waals surface area contributed by atoms with Crippen LogP contribution in [0.15, 0.2) is 77.7 Å². The second-order valence-electron chi connectivity index (χ2n) is 7.30. The van der Waals surface area contributed by atoms with Gasteiger partial charge in [-0.05, 0) is 46.5 Å². The number of para-hydroxylation sites is 1. The molecule has 31 heavy (non-hydrogen) atoms. The monoisotopic (exact) mass is 448 g/mol. The SMILES string of the molecule is O=C1c2ccccc2C(=O)N1[C@H]1C[C@H](SSc2ccccc2[N+](=O)[O-])c2ccccc21. The predicted molar refractivity (Wildman–Crippen MR) is 120 cm³/mol. The number of rotatable bonds is 5. The lowest BCUT2D eigenvalue weighted by Gasteiger charge is -2.23. The van der Waals surface area contributed by atoms with E-state index >= 15 is 0 Å². The number of carbonyl (C=O) groups is 2. The molecule has 8 heteroatoms. The van der Waals surface area contributed by atoms with Gasteiger partial charge in [0.25, 0.3) is 17.5 Å². The second kappa shape index (κ2) is 7.86. The standard InChI is InChI=1S/C23H16N2O4S2/c26-22-16-9-3-4-10-17(16)23(27)24(22)19-13-21(15-8-2-1-7-14(15)19)31-30-20-12-6-5-11-18(20)25(28)29/h1-12,19,21H,13H2/t19-,21-/m0/s1. The number of fused-ring (bicyclic) bond motifs is 2. The van der Waals surface area contributed by atoms with Crippen LogP contribution in [-0.4, -0.2) is 21.6 Å². The third-order valence-electron chi connectivity index (χ3n) is 5.59. The van der Waals surface area contributed by atoms with Crippen LogP contribution in [0.3, 0.4) is 0 Å². The molecule has 1 heterocycles. The van der Waals surface area contributed by atoms with E-state index in [1.807, 2.05) is 24.3 Å². The third-order valence-corrected chi connectivity index (χ3v) is 8.42. The number of amides is 2. The summed E-state index contributed by atoms with van der Waals surface area (Å²) >= 11 is 0. The van der Waals surface area contributed by atoms with Crippen LogP contribution in [0.25, 0.3) is 0 Å². The first-order valence-corrected chi connectivity index (χ1v) is 11.9. The van der Waals surface area contributed by atoms with Gasteiger partial charge in [-0.25, -0.2) is 0 Å². The molecule has 0 unspecified atom stereocenters. The van der Waals surface area contributed by atoms with Gasteiger partial charge in [0.2, 0.25) is 0 Å².